The molecule has 70 valence electrons. The fourth-order valence-electron chi connectivity index (χ4n) is 2.57. The van der Waals surface area contributed by atoms with Gasteiger partial charge in [-0.1, -0.05) is 0 Å². The van der Waals surface area contributed by atoms with E-state index >= 15 is 0 Å². The minimum absolute atomic E-state index is 0.744. The van der Waals surface area contributed by atoms with Crippen molar-refractivity contribution >= 4 is 0 Å². The highest BCUT2D eigenvalue weighted by Crippen LogP contribution is 2.25. The van der Waals surface area contributed by atoms with E-state index in [1.807, 2.05) is 0 Å². The Kier molecular flexibility index (Phi) is 2.37. The summed E-state index contributed by atoms with van der Waals surface area (Å²) in [6.45, 7) is 9.77. The average Bonchev–Trinajstić information content (AvgIpc) is 2.03. The lowest BCUT2D eigenvalue weighted by atomic mass is 9.85. The van der Waals surface area contributed by atoms with Gasteiger partial charge in [0.25, 0.3) is 0 Å². The zero-order chi connectivity index (χ0) is 8.55. The average molecular weight is 168 g/mol. The van der Waals surface area contributed by atoms with Crippen molar-refractivity contribution in [3.63, 3.8) is 0 Å². The van der Waals surface area contributed by atoms with E-state index in [4.69, 9.17) is 0 Å². The second kappa shape index (κ2) is 3.35. The summed E-state index contributed by atoms with van der Waals surface area (Å²) in [6, 6.07) is 0.744. The molecule has 1 N–H and O–H groups in total. The van der Waals surface area contributed by atoms with Crippen LogP contribution in [0.4, 0.5) is 0 Å². The van der Waals surface area contributed by atoms with Crippen LogP contribution < -0.4 is 5.32 Å². The van der Waals surface area contributed by atoms with E-state index in [9.17, 15) is 0 Å². The Labute approximate surface area is 75.3 Å². The van der Waals surface area contributed by atoms with Gasteiger partial charge in [0.1, 0.15) is 0 Å². The Morgan fingerprint density at radius 1 is 1.17 bits per heavy atom. The van der Waals surface area contributed by atoms with Gasteiger partial charge >= 0.3 is 0 Å². The van der Waals surface area contributed by atoms with Crippen molar-refractivity contribution in [3.8, 4) is 0 Å². The van der Waals surface area contributed by atoms with Gasteiger partial charge in [0.2, 0.25) is 0 Å². The highest BCUT2D eigenvalue weighted by Gasteiger charge is 2.30. The SMILES string of the molecule is CC(C)N1CC2CNCC(C2)C1. The predicted octanol–water partition coefficient (Wildman–Crippen LogP) is 0.936. The molecule has 0 spiro atoms. The van der Waals surface area contributed by atoms with Crippen molar-refractivity contribution < 1.29 is 0 Å². The lowest BCUT2D eigenvalue weighted by Gasteiger charge is -2.43. The molecule has 0 aliphatic carbocycles. The zero-order valence-electron chi connectivity index (χ0n) is 8.21. The summed E-state index contributed by atoms with van der Waals surface area (Å²) in [5, 5.41) is 3.52. The summed E-state index contributed by atoms with van der Waals surface area (Å²) < 4.78 is 0. The van der Waals surface area contributed by atoms with E-state index in [1.54, 1.807) is 0 Å². The lowest BCUT2D eigenvalue weighted by molar-refractivity contribution is 0.0740. The van der Waals surface area contributed by atoms with Crippen LogP contribution in [0.2, 0.25) is 0 Å². The van der Waals surface area contributed by atoms with Crippen molar-refractivity contribution in [2.75, 3.05) is 26.2 Å². The summed E-state index contributed by atoms with van der Waals surface area (Å²) in [6.07, 6.45) is 1.47. The van der Waals surface area contributed by atoms with Gasteiger partial charge in [-0.05, 0) is 45.2 Å². The molecule has 2 heterocycles. The molecule has 2 fully saturated rings. The van der Waals surface area contributed by atoms with Gasteiger partial charge in [0, 0.05) is 19.1 Å². The third-order valence-corrected chi connectivity index (χ3v) is 3.25. The third-order valence-electron chi connectivity index (χ3n) is 3.25. The molecule has 0 aromatic carbocycles. The Bertz CT molecular complexity index is 144. The first-order valence-electron chi connectivity index (χ1n) is 5.20. The summed E-state index contributed by atoms with van der Waals surface area (Å²) in [5.74, 6) is 1.86. The summed E-state index contributed by atoms with van der Waals surface area (Å²) in [4.78, 5) is 2.64. The van der Waals surface area contributed by atoms with E-state index in [-0.39, 0.29) is 0 Å². The number of piperidine rings is 2. The Hall–Kier alpha value is -0.0800. The molecule has 0 amide bonds. The molecule has 2 nitrogen and oxygen atoms in total. The third kappa shape index (κ3) is 1.64. The first-order valence-corrected chi connectivity index (χ1v) is 5.20. The molecule has 2 bridgehead atoms. The fraction of sp³-hybridized carbons (Fsp3) is 1.00. The predicted molar refractivity (Wildman–Crippen MR) is 51.2 cm³/mol. The molecule has 0 aromatic rings. The maximum atomic E-state index is 3.52. The standard InChI is InChI=1S/C10H20N2/c1-8(2)12-6-9-3-10(7-12)5-11-4-9/h8-11H,3-7H2,1-2H3. The van der Waals surface area contributed by atoms with Crippen LogP contribution in [0.1, 0.15) is 20.3 Å². The monoisotopic (exact) mass is 168 g/mol. The Morgan fingerprint density at radius 2 is 1.75 bits per heavy atom. The molecule has 2 aliphatic rings. The normalized spacial score (nSPS) is 37.2. The van der Waals surface area contributed by atoms with Crippen molar-refractivity contribution in [2.45, 2.75) is 26.3 Å². The highest BCUT2D eigenvalue weighted by molar-refractivity contribution is 4.86. The first-order chi connectivity index (χ1) is 5.75. The van der Waals surface area contributed by atoms with Crippen molar-refractivity contribution in [1.29, 1.82) is 0 Å². The number of hydrogen-bond acceptors (Lipinski definition) is 2. The zero-order valence-corrected chi connectivity index (χ0v) is 8.21. The van der Waals surface area contributed by atoms with Crippen LogP contribution in [0.5, 0.6) is 0 Å². The first kappa shape index (κ1) is 8.52. The highest BCUT2D eigenvalue weighted by atomic mass is 15.2. The summed E-state index contributed by atoms with van der Waals surface area (Å²) in [5.41, 5.74) is 0. The number of rotatable bonds is 1. The van der Waals surface area contributed by atoms with Crippen LogP contribution in [0.3, 0.4) is 0 Å². The van der Waals surface area contributed by atoms with Crippen LogP contribution in [0, 0.1) is 11.8 Å². The Morgan fingerprint density at radius 3 is 2.25 bits per heavy atom. The lowest BCUT2D eigenvalue weighted by Crippen LogP contribution is -2.52. The van der Waals surface area contributed by atoms with E-state index in [0.717, 1.165) is 17.9 Å². The quantitative estimate of drug-likeness (QED) is 0.627. The van der Waals surface area contributed by atoms with Gasteiger partial charge in [0.05, 0.1) is 0 Å². The summed E-state index contributed by atoms with van der Waals surface area (Å²) >= 11 is 0. The molecule has 2 saturated heterocycles. The fourth-order valence-corrected chi connectivity index (χ4v) is 2.57. The van der Waals surface area contributed by atoms with E-state index in [2.05, 4.69) is 24.1 Å². The number of likely N-dealkylation sites (tertiary alicyclic amines) is 1. The smallest absolute Gasteiger partial charge is 0.00388 e. The molecular weight excluding hydrogens is 148 g/mol. The topological polar surface area (TPSA) is 15.3 Å². The van der Waals surface area contributed by atoms with Gasteiger partial charge in [-0.3, -0.25) is 0 Å². The van der Waals surface area contributed by atoms with Gasteiger partial charge in [-0.15, -0.1) is 0 Å². The molecular formula is C10H20N2. The molecule has 2 rings (SSSR count). The van der Waals surface area contributed by atoms with Crippen molar-refractivity contribution in [2.24, 2.45) is 11.8 Å². The number of nitrogens with zero attached hydrogens (tertiary/aromatic N) is 1. The van der Waals surface area contributed by atoms with E-state index < -0.39 is 0 Å². The molecule has 0 aromatic heterocycles. The molecule has 2 aliphatic heterocycles. The van der Waals surface area contributed by atoms with Crippen molar-refractivity contribution in [3.05, 3.63) is 0 Å². The van der Waals surface area contributed by atoms with Crippen LogP contribution in [-0.2, 0) is 0 Å². The maximum absolute atomic E-state index is 3.52. The van der Waals surface area contributed by atoms with Gasteiger partial charge in [-0.2, -0.15) is 0 Å². The largest absolute Gasteiger partial charge is 0.316 e. The summed E-state index contributed by atoms with van der Waals surface area (Å²) in [7, 11) is 0. The van der Waals surface area contributed by atoms with Gasteiger partial charge < -0.3 is 10.2 Å². The molecule has 2 heteroatoms. The second-order valence-electron chi connectivity index (χ2n) is 4.67. The van der Waals surface area contributed by atoms with Crippen LogP contribution >= 0.6 is 0 Å². The Balaban J connectivity index is 1.96. The van der Waals surface area contributed by atoms with E-state index in [0.29, 0.717) is 0 Å². The minimum Gasteiger partial charge on any atom is -0.316 e. The molecule has 0 radical (unpaired) electrons. The van der Waals surface area contributed by atoms with Gasteiger partial charge in [-0.25, -0.2) is 0 Å². The van der Waals surface area contributed by atoms with Crippen LogP contribution in [0.25, 0.3) is 0 Å². The number of nitrogens with one attached hydrogen (secondary N) is 1. The molecule has 12 heavy (non-hydrogen) atoms. The van der Waals surface area contributed by atoms with E-state index in [1.165, 1.54) is 32.6 Å². The second-order valence-corrected chi connectivity index (χ2v) is 4.67. The minimum atomic E-state index is 0.744. The molecule has 2 unspecified atom stereocenters. The van der Waals surface area contributed by atoms with Crippen LogP contribution in [-0.4, -0.2) is 37.1 Å². The number of hydrogen-bond donors (Lipinski definition) is 1. The van der Waals surface area contributed by atoms with Crippen LogP contribution in [0.15, 0.2) is 0 Å². The van der Waals surface area contributed by atoms with Gasteiger partial charge in [0.15, 0.2) is 0 Å². The molecule has 0 saturated carbocycles. The maximum Gasteiger partial charge on any atom is 0.00388 e. The number of fused-ring (bicyclic) bond motifs is 2. The van der Waals surface area contributed by atoms with Crippen molar-refractivity contribution in [1.82, 2.24) is 10.2 Å². The molecule has 2 atom stereocenters.